The number of aryl methyl sites for hydroxylation is 1. The van der Waals surface area contributed by atoms with Gasteiger partial charge in [0.15, 0.2) is 17.5 Å². The predicted molar refractivity (Wildman–Crippen MR) is 70.7 cm³/mol. The lowest BCUT2D eigenvalue weighted by atomic mass is 10.2. The number of rotatable bonds is 1. The van der Waals surface area contributed by atoms with E-state index in [9.17, 15) is 13.2 Å². The Labute approximate surface area is 117 Å². The van der Waals surface area contributed by atoms with Crippen LogP contribution in [0, 0.1) is 28.8 Å². The Hall–Kier alpha value is -2.81. The molecule has 3 rings (SSSR count). The van der Waals surface area contributed by atoms with Crippen LogP contribution in [0.5, 0.6) is 0 Å². The minimum atomic E-state index is -1.51. The van der Waals surface area contributed by atoms with Gasteiger partial charge in [0.05, 0.1) is 22.7 Å². The average molecular weight is 287 g/mol. The monoisotopic (exact) mass is 287 g/mol. The summed E-state index contributed by atoms with van der Waals surface area (Å²) in [5, 5.41) is 8.87. The van der Waals surface area contributed by atoms with Gasteiger partial charge in [0.2, 0.25) is 0 Å². The van der Waals surface area contributed by atoms with E-state index in [1.807, 2.05) is 6.07 Å². The minimum absolute atomic E-state index is 0.128. The molecule has 1 heterocycles. The number of fused-ring (bicyclic) bond motifs is 1. The smallest absolute Gasteiger partial charge is 0.194 e. The number of aromatic nitrogens is 2. The van der Waals surface area contributed by atoms with Crippen molar-refractivity contribution >= 4 is 11.0 Å². The third-order valence-corrected chi connectivity index (χ3v) is 3.25. The Kier molecular flexibility index (Phi) is 2.91. The molecule has 0 spiro atoms. The van der Waals surface area contributed by atoms with E-state index in [-0.39, 0.29) is 11.4 Å². The minimum Gasteiger partial charge on any atom is -0.327 e. The summed E-state index contributed by atoms with van der Waals surface area (Å²) in [7, 11) is 1.68. The summed E-state index contributed by atoms with van der Waals surface area (Å²) >= 11 is 0. The Bertz CT molecular complexity index is 883. The molecule has 0 unspecified atom stereocenters. The molecule has 0 aliphatic carbocycles. The first-order chi connectivity index (χ1) is 10.0. The number of imidazole rings is 1. The standard InChI is InChI=1S/C15H8F3N3/c1-21-13-3-2-8(7-19)4-12(13)20-15(21)9-5-10(16)14(18)11(17)6-9/h2-6H,1H3. The lowest BCUT2D eigenvalue weighted by Gasteiger charge is -2.04. The van der Waals surface area contributed by atoms with E-state index in [0.29, 0.717) is 16.6 Å². The molecule has 3 nitrogen and oxygen atoms in total. The zero-order valence-corrected chi connectivity index (χ0v) is 10.9. The van der Waals surface area contributed by atoms with Crippen LogP contribution in [-0.4, -0.2) is 9.55 Å². The van der Waals surface area contributed by atoms with E-state index in [4.69, 9.17) is 5.26 Å². The molecule has 0 N–H and O–H groups in total. The number of nitriles is 1. The van der Waals surface area contributed by atoms with Crippen molar-refractivity contribution in [1.82, 2.24) is 9.55 Å². The maximum absolute atomic E-state index is 13.3. The summed E-state index contributed by atoms with van der Waals surface area (Å²) in [4.78, 5) is 4.26. The second kappa shape index (κ2) is 4.63. The summed E-state index contributed by atoms with van der Waals surface area (Å²) in [6.45, 7) is 0. The Morgan fingerprint density at radius 2 is 1.76 bits per heavy atom. The van der Waals surface area contributed by atoms with E-state index in [0.717, 1.165) is 12.1 Å². The van der Waals surface area contributed by atoms with Gasteiger partial charge in [0.25, 0.3) is 0 Å². The molecular weight excluding hydrogens is 279 g/mol. The van der Waals surface area contributed by atoms with Crippen molar-refractivity contribution < 1.29 is 13.2 Å². The average Bonchev–Trinajstić information content (AvgIpc) is 2.80. The molecule has 0 saturated carbocycles. The molecule has 0 bridgehead atoms. The van der Waals surface area contributed by atoms with Gasteiger partial charge in [-0.15, -0.1) is 0 Å². The zero-order chi connectivity index (χ0) is 15.1. The Morgan fingerprint density at radius 3 is 2.38 bits per heavy atom. The van der Waals surface area contributed by atoms with Crippen LogP contribution < -0.4 is 0 Å². The van der Waals surface area contributed by atoms with Gasteiger partial charge in [-0.05, 0) is 30.3 Å². The van der Waals surface area contributed by atoms with E-state index >= 15 is 0 Å². The van der Waals surface area contributed by atoms with Gasteiger partial charge in [-0.1, -0.05) is 0 Å². The molecule has 0 amide bonds. The lowest BCUT2D eigenvalue weighted by molar-refractivity contribution is 0.447. The van der Waals surface area contributed by atoms with Crippen LogP contribution in [0.2, 0.25) is 0 Å². The summed E-state index contributed by atoms with van der Waals surface area (Å²) in [5.41, 5.74) is 1.79. The number of halogens is 3. The van der Waals surface area contributed by atoms with Crippen molar-refractivity contribution in [2.24, 2.45) is 7.05 Å². The van der Waals surface area contributed by atoms with Crippen LogP contribution in [0.4, 0.5) is 13.2 Å². The number of hydrogen-bond acceptors (Lipinski definition) is 2. The van der Waals surface area contributed by atoms with Gasteiger partial charge < -0.3 is 4.57 Å². The predicted octanol–water partition coefficient (Wildman–Crippen LogP) is 3.53. The molecule has 0 fully saturated rings. The molecule has 3 aromatic rings. The first-order valence-electron chi connectivity index (χ1n) is 6.02. The zero-order valence-electron chi connectivity index (χ0n) is 10.9. The van der Waals surface area contributed by atoms with E-state index in [1.54, 1.807) is 29.8 Å². The molecule has 0 aliphatic rings. The van der Waals surface area contributed by atoms with Crippen LogP contribution in [-0.2, 0) is 7.05 Å². The SMILES string of the molecule is Cn1c(-c2cc(F)c(F)c(F)c2)nc2cc(C#N)ccc21. The van der Waals surface area contributed by atoms with E-state index in [2.05, 4.69) is 4.98 Å². The van der Waals surface area contributed by atoms with Crippen molar-refractivity contribution in [3.63, 3.8) is 0 Å². The summed E-state index contributed by atoms with van der Waals surface area (Å²) in [6, 6.07) is 8.68. The van der Waals surface area contributed by atoms with Crippen molar-refractivity contribution in [2.45, 2.75) is 0 Å². The molecule has 6 heteroatoms. The van der Waals surface area contributed by atoms with Gasteiger partial charge in [0, 0.05) is 12.6 Å². The Morgan fingerprint density at radius 1 is 1.10 bits per heavy atom. The maximum Gasteiger partial charge on any atom is 0.194 e. The fourth-order valence-corrected chi connectivity index (χ4v) is 2.21. The lowest BCUT2D eigenvalue weighted by Crippen LogP contribution is -1.96. The quantitative estimate of drug-likeness (QED) is 0.642. The fourth-order valence-electron chi connectivity index (χ4n) is 2.21. The highest BCUT2D eigenvalue weighted by atomic mass is 19.2. The van der Waals surface area contributed by atoms with Crippen molar-refractivity contribution in [1.29, 1.82) is 5.26 Å². The van der Waals surface area contributed by atoms with Crippen LogP contribution in [0.3, 0.4) is 0 Å². The first-order valence-corrected chi connectivity index (χ1v) is 6.02. The van der Waals surface area contributed by atoms with Crippen molar-refractivity contribution in [3.8, 4) is 17.5 Å². The van der Waals surface area contributed by atoms with Crippen LogP contribution in [0.25, 0.3) is 22.4 Å². The second-order valence-electron chi connectivity index (χ2n) is 4.56. The van der Waals surface area contributed by atoms with Gasteiger partial charge in [-0.2, -0.15) is 5.26 Å². The molecule has 0 atom stereocenters. The van der Waals surface area contributed by atoms with Crippen LogP contribution in [0.15, 0.2) is 30.3 Å². The largest absolute Gasteiger partial charge is 0.327 e. The van der Waals surface area contributed by atoms with E-state index < -0.39 is 17.5 Å². The third kappa shape index (κ3) is 2.03. The topological polar surface area (TPSA) is 41.6 Å². The number of nitrogens with zero attached hydrogens (tertiary/aromatic N) is 3. The summed E-state index contributed by atoms with van der Waals surface area (Å²) in [5.74, 6) is -3.76. The maximum atomic E-state index is 13.3. The third-order valence-electron chi connectivity index (χ3n) is 3.25. The highest BCUT2D eigenvalue weighted by Crippen LogP contribution is 2.26. The molecule has 0 saturated heterocycles. The summed E-state index contributed by atoms with van der Waals surface area (Å²) in [6.07, 6.45) is 0. The van der Waals surface area contributed by atoms with Crippen LogP contribution >= 0.6 is 0 Å². The number of hydrogen-bond donors (Lipinski definition) is 0. The molecule has 104 valence electrons. The fraction of sp³-hybridized carbons (Fsp3) is 0.0667. The van der Waals surface area contributed by atoms with Gasteiger partial charge in [-0.3, -0.25) is 0 Å². The molecule has 0 radical (unpaired) electrons. The van der Waals surface area contributed by atoms with Gasteiger partial charge in [-0.25, -0.2) is 18.2 Å². The second-order valence-corrected chi connectivity index (χ2v) is 4.56. The van der Waals surface area contributed by atoms with Crippen molar-refractivity contribution in [3.05, 3.63) is 53.3 Å². The van der Waals surface area contributed by atoms with Gasteiger partial charge in [0.1, 0.15) is 5.82 Å². The number of benzene rings is 2. The van der Waals surface area contributed by atoms with Gasteiger partial charge >= 0.3 is 0 Å². The molecule has 21 heavy (non-hydrogen) atoms. The highest BCUT2D eigenvalue weighted by molar-refractivity contribution is 5.81. The van der Waals surface area contributed by atoms with Crippen LogP contribution in [0.1, 0.15) is 5.56 Å². The van der Waals surface area contributed by atoms with E-state index in [1.165, 1.54) is 0 Å². The Balaban J connectivity index is 2.26. The molecular formula is C15H8F3N3. The molecule has 0 aliphatic heterocycles. The normalized spacial score (nSPS) is 10.8. The molecule has 1 aromatic heterocycles. The van der Waals surface area contributed by atoms with Crippen molar-refractivity contribution in [2.75, 3.05) is 0 Å². The molecule has 2 aromatic carbocycles. The highest BCUT2D eigenvalue weighted by Gasteiger charge is 2.16. The first kappa shape index (κ1) is 13.2. The summed E-state index contributed by atoms with van der Waals surface area (Å²) < 4.78 is 41.3.